The van der Waals surface area contributed by atoms with E-state index in [1.54, 1.807) is 19.1 Å². The highest BCUT2D eigenvalue weighted by Gasteiger charge is 2.42. The van der Waals surface area contributed by atoms with Crippen molar-refractivity contribution in [1.29, 1.82) is 0 Å². The fraction of sp³-hybridized carbons (Fsp3) is 0.429. The van der Waals surface area contributed by atoms with Crippen LogP contribution in [0.5, 0.6) is 5.75 Å². The fourth-order valence-corrected chi connectivity index (χ4v) is 1.48. The van der Waals surface area contributed by atoms with E-state index in [1.165, 1.54) is 6.92 Å². The molecule has 0 heterocycles. The van der Waals surface area contributed by atoms with Gasteiger partial charge in [0.05, 0.1) is 13.2 Å². The Labute approximate surface area is 112 Å². The standard InChI is InChI=1S/C14H18O5/c1-3-18-13(17)14(2,12(15)16)9-10-19-11-7-5-4-6-8-11/h4-8H,3,9-10H2,1-2H3,(H,15,16). The van der Waals surface area contributed by atoms with Crippen LogP contribution >= 0.6 is 0 Å². The van der Waals surface area contributed by atoms with Gasteiger partial charge in [-0.2, -0.15) is 0 Å². The summed E-state index contributed by atoms with van der Waals surface area (Å²) in [4.78, 5) is 22.9. The summed E-state index contributed by atoms with van der Waals surface area (Å²) >= 11 is 0. The zero-order valence-corrected chi connectivity index (χ0v) is 11.1. The first-order chi connectivity index (χ1) is 9.00. The molecule has 0 aliphatic carbocycles. The van der Waals surface area contributed by atoms with Crippen LogP contribution in [0.4, 0.5) is 0 Å². The predicted molar refractivity (Wildman–Crippen MR) is 68.9 cm³/mol. The van der Waals surface area contributed by atoms with Crippen LogP contribution in [0.15, 0.2) is 30.3 Å². The molecular formula is C14H18O5. The van der Waals surface area contributed by atoms with Crippen molar-refractivity contribution >= 4 is 11.9 Å². The molecule has 0 aliphatic heterocycles. The van der Waals surface area contributed by atoms with Crippen LogP contribution in [-0.4, -0.2) is 30.3 Å². The first kappa shape index (κ1) is 15.0. The van der Waals surface area contributed by atoms with Gasteiger partial charge >= 0.3 is 11.9 Å². The van der Waals surface area contributed by atoms with Gasteiger partial charge in [-0.25, -0.2) is 0 Å². The SMILES string of the molecule is CCOC(=O)C(C)(CCOc1ccccc1)C(=O)O. The molecule has 104 valence electrons. The van der Waals surface area contributed by atoms with E-state index in [0.717, 1.165) is 0 Å². The van der Waals surface area contributed by atoms with Gasteiger partial charge in [-0.15, -0.1) is 0 Å². The molecule has 0 aromatic heterocycles. The van der Waals surface area contributed by atoms with Gasteiger partial charge in [0.15, 0.2) is 5.41 Å². The Morgan fingerprint density at radius 3 is 2.42 bits per heavy atom. The van der Waals surface area contributed by atoms with E-state index in [0.29, 0.717) is 5.75 Å². The molecule has 19 heavy (non-hydrogen) atoms. The summed E-state index contributed by atoms with van der Waals surface area (Å²) in [7, 11) is 0. The minimum absolute atomic E-state index is 0.0516. The molecule has 0 radical (unpaired) electrons. The molecule has 1 aromatic rings. The lowest BCUT2D eigenvalue weighted by atomic mass is 9.87. The molecule has 1 N–H and O–H groups in total. The van der Waals surface area contributed by atoms with Gasteiger partial charge in [0.1, 0.15) is 5.75 Å². The number of rotatable bonds is 7. The number of benzene rings is 1. The highest BCUT2D eigenvalue weighted by atomic mass is 16.5. The third kappa shape index (κ3) is 3.98. The molecule has 5 nitrogen and oxygen atoms in total. The molecule has 1 unspecified atom stereocenters. The maximum Gasteiger partial charge on any atom is 0.323 e. The number of esters is 1. The van der Waals surface area contributed by atoms with E-state index in [-0.39, 0.29) is 19.6 Å². The Balaban J connectivity index is 2.60. The molecular weight excluding hydrogens is 248 g/mol. The second-order valence-corrected chi connectivity index (χ2v) is 4.27. The van der Waals surface area contributed by atoms with Crippen LogP contribution in [0.25, 0.3) is 0 Å². The van der Waals surface area contributed by atoms with Crippen LogP contribution in [-0.2, 0) is 14.3 Å². The highest BCUT2D eigenvalue weighted by Crippen LogP contribution is 2.24. The number of hydrogen-bond donors (Lipinski definition) is 1. The Morgan fingerprint density at radius 1 is 1.26 bits per heavy atom. The molecule has 1 atom stereocenters. The summed E-state index contributed by atoms with van der Waals surface area (Å²) in [6.45, 7) is 3.27. The average molecular weight is 266 g/mol. The molecule has 1 rings (SSSR count). The van der Waals surface area contributed by atoms with Crippen LogP contribution in [0.2, 0.25) is 0 Å². The van der Waals surface area contributed by atoms with Crippen molar-refractivity contribution in [2.45, 2.75) is 20.3 Å². The van der Waals surface area contributed by atoms with E-state index >= 15 is 0 Å². The molecule has 5 heteroatoms. The number of carbonyl (C=O) groups is 2. The molecule has 0 bridgehead atoms. The van der Waals surface area contributed by atoms with E-state index in [2.05, 4.69) is 0 Å². The number of carbonyl (C=O) groups excluding carboxylic acids is 1. The quantitative estimate of drug-likeness (QED) is 0.604. The second-order valence-electron chi connectivity index (χ2n) is 4.27. The summed E-state index contributed by atoms with van der Waals surface area (Å²) < 4.78 is 10.2. The average Bonchev–Trinajstić information content (AvgIpc) is 2.39. The van der Waals surface area contributed by atoms with Gasteiger partial charge < -0.3 is 14.6 Å². The van der Waals surface area contributed by atoms with E-state index < -0.39 is 17.4 Å². The number of ether oxygens (including phenoxy) is 2. The van der Waals surface area contributed by atoms with Gasteiger partial charge in [-0.05, 0) is 26.0 Å². The number of para-hydroxylation sites is 1. The number of aliphatic carboxylic acids is 1. The van der Waals surface area contributed by atoms with Crippen molar-refractivity contribution in [3.8, 4) is 5.75 Å². The van der Waals surface area contributed by atoms with Crippen LogP contribution in [0.1, 0.15) is 20.3 Å². The Bertz CT molecular complexity index is 429. The molecule has 0 fully saturated rings. The molecule has 0 aliphatic rings. The van der Waals surface area contributed by atoms with E-state index in [9.17, 15) is 14.7 Å². The molecule has 0 amide bonds. The Morgan fingerprint density at radius 2 is 1.89 bits per heavy atom. The fourth-order valence-electron chi connectivity index (χ4n) is 1.48. The Kier molecular flexibility index (Phi) is 5.36. The zero-order valence-electron chi connectivity index (χ0n) is 11.1. The van der Waals surface area contributed by atoms with Crippen molar-refractivity contribution < 1.29 is 24.2 Å². The van der Waals surface area contributed by atoms with E-state index in [4.69, 9.17) is 9.47 Å². The van der Waals surface area contributed by atoms with Gasteiger partial charge in [-0.1, -0.05) is 18.2 Å². The third-order valence-corrected chi connectivity index (χ3v) is 2.81. The number of carboxylic acid groups (broad SMARTS) is 1. The lowest BCUT2D eigenvalue weighted by molar-refractivity contribution is -0.168. The minimum Gasteiger partial charge on any atom is -0.494 e. The minimum atomic E-state index is -1.58. The number of hydrogen-bond acceptors (Lipinski definition) is 4. The third-order valence-electron chi connectivity index (χ3n) is 2.81. The van der Waals surface area contributed by atoms with Crippen LogP contribution < -0.4 is 4.74 Å². The van der Waals surface area contributed by atoms with Gasteiger partial charge in [0, 0.05) is 6.42 Å². The maximum atomic E-state index is 11.7. The van der Waals surface area contributed by atoms with E-state index in [1.807, 2.05) is 18.2 Å². The topological polar surface area (TPSA) is 72.8 Å². The second kappa shape index (κ2) is 6.78. The van der Waals surface area contributed by atoms with Crippen LogP contribution in [0, 0.1) is 5.41 Å². The summed E-state index contributed by atoms with van der Waals surface area (Å²) in [5.41, 5.74) is -1.58. The van der Waals surface area contributed by atoms with Gasteiger partial charge in [0.2, 0.25) is 0 Å². The van der Waals surface area contributed by atoms with Crippen molar-refractivity contribution in [1.82, 2.24) is 0 Å². The van der Waals surface area contributed by atoms with Gasteiger partial charge in [-0.3, -0.25) is 9.59 Å². The molecule has 0 saturated carbocycles. The summed E-state index contributed by atoms with van der Waals surface area (Å²) in [6, 6.07) is 9.02. The summed E-state index contributed by atoms with van der Waals surface area (Å²) in [5.74, 6) is -1.30. The highest BCUT2D eigenvalue weighted by molar-refractivity contribution is 5.98. The molecule has 0 spiro atoms. The molecule has 1 aromatic carbocycles. The first-order valence-electron chi connectivity index (χ1n) is 6.09. The van der Waals surface area contributed by atoms with Crippen molar-refractivity contribution in [2.24, 2.45) is 5.41 Å². The predicted octanol–water partition coefficient (Wildman–Crippen LogP) is 2.11. The largest absolute Gasteiger partial charge is 0.494 e. The summed E-state index contributed by atoms with van der Waals surface area (Å²) in [5, 5.41) is 9.17. The maximum absolute atomic E-state index is 11.7. The lowest BCUT2D eigenvalue weighted by Gasteiger charge is -2.22. The Hall–Kier alpha value is -2.04. The normalized spacial score (nSPS) is 13.4. The smallest absolute Gasteiger partial charge is 0.323 e. The van der Waals surface area contributed by atoms with Crippen molar-refractivity contribution in [3.05, 3.63) is 30.3 Å². The zero-order chi connectivity index (χ0) is 14.3. The lowest BCUT2D eigenvalue weighted by Crippen LogP contribution is -2.39. The van der Waals surface area contributed by atoms with Gasteiger partial charge in [0.25, 0.3) is 0 Å². The monoisotopic (exact) mass is 266 g/mol. The van der Waals surface area contributed by atoms with Crippen molar-refractivity contribution in [3.63, 3.8) is 0 Å². The summed E-state index contributed by atoms with van der Waals surface area (Å²) in [6.07, 6.45) is 0.0516. The molecule has 0 saturated heterocycles. The number of carboxylic acids is 1. The van der Waals surface area contributed by atoms with Crippen LogP contribution in [0.3, 0.4) is 0 Å². The first-order valence-corrected chi connectivity index (χ1v) is 6.09. The van der Waals surface area contributed by atoms with Crippen molar-refractivity contribution in [2.75, 3.05) is 13.2 Å².